The molecule has 3 unspecified atom stereocenters. The number of hydrogen-bond acceptors (Lipinski definition) is 0. The van der Waals surface area contributed by atoms with Crippen molar-refractivity contribution in [3.63, 3.8) is 0 Å². The Balaban J connectivity index is 0.000000696. The van der Waals surface area contributed by atoms with Crippen LogP contribution in [0, 0.1) is 0 Å². The molecule has 0 N–H and O–H groups in total. The maximum atomic E-state index is 3.66. The fourth-order valence-corrected chi connectivity index (χ4v) is 6.90. The van der Waals surface area contributed by atoms with E-state index in [9.17, 15) is 0 Å². The summed E-state index contributed by atoms with van der Waals surface area (Å²) in [5, 5.41) is 0. The SMILES string of the molecule is C=CCCCCCC.CCCCC(CCC)c1ccccc1.CCCCCC(CC)c1ccccc1.CCCCCCC(C)c1ccccc1.c1ccccc1. The molecule has 0 fully saturated rings. The van der Waals surface area contributed by atoms with Crippen molar-refractivity contribution < 1.29 is 0 Å². The first-order valence-electron chi connectivity index (χ1n) is 23.3. The third-order valence-electron chi connectivity index (χ3n) is 10.5. The molecule has 0 spiro atoms. The molecule has 4 aromatic carbocycles. The Morgan fingerprint density at radius 1 is 0.375 bits per heavy atom. The fraction of sp³-hybridized carbons (Fsp3) is 0.536. The number of unbranched alkanes of at least 4 members (excludes halogenated alkanes) is 10. The topological polar surface area (TPSA) is 0 Å². The van der Waals surface area contributed by atoms with Crippen LogP contribution in [0.2, 0.25) is 0 Å². The molecule has 0 nitrogen and oxygen atoms in total. The van der Waals surface area contributed by atoms with Crippen LogP contribution in [0.15, 0.2) is 140 Å². The summed E-state index contributed by atoms with van der Waals surface area (Å²) in [6.07, 6.45) is 28.8. The van der Waals surface area contributed by atoms with E-state index in [1.54, 1.807) is 0 Å². The summed E-state index contributed by atoms with van der Waals surface area (Å²) < 4.78 is 0. The zero-order valence-electron chi connectivity index (χ0n) is 37.8. The van der Waals surface area contributed by atoms with Crippen LogP contribution in [0.25, 0.3) is 0 Å². The van der Waals surface area contributed by atoms with Gasteiger partial charge in [-0.1, -0.05) is 265 Å². The van der Waals surface area contributed by atoms with Crippen LogP contribution in [0.4, 0.5) is 0 Å². The molecular formula is C56H88. The second kappa shape index (κ2) is 41.3. The minimum atomic E-state index is 0.730. The lowest BCUT2D eigenvalue weighted by atomic mass is 9.90. The van der Waals surface area contributed by atoms with Gasteiger partial charge in [0.25, 0.3) is 0 Å². The van der Waals surface area contributed by atoms with Gasteiger partial charge >= 0.3 is 0 Å². The second-order valence-electron chi connectivity index (χ2n) is 15.5. The summed E-state index contributed by atoms with van der Waals surface area (Å²) in [7, 11) is 0. The van der Waals surface area contributed by atoms with Crippen molar-refractivity contribution in [2.24, 2.45) is 0 Å². The van der Waals surface area contributed by atoms with Gasteiger partial charge in [0.15, 0.2) is 0 Å². The molecule has 0 aliphatic carbocycles. The van der Waals surface area contributed by atoms with E-state index in [0.29, 0.717) is 0 Å². The quantitative estimate of drug-likeness (QED) is 0.0522. The highest BCUT2D eigenvalue weighted by molar-refractivity contribution is 5.20. The molecule has 312 valence electrons. The highest BCUT2D eigenvalue weighted by Crippen LogP contribution is 2.27. The van der Waals surface area contributed by atoms with Crippen LogP contribution in [-0.4, -0.2) is 0 Å². The summed E-state index contributed by atoms with van der Waals surface area (Å²) in [4.78, 5) is 0. The molecule has 0 aliphatic rings. The zero-order valence-corrected chi connectivity index (χ0v) is 37.8. The Hall–Kier alpha value is -3.38. The third-order valence-corrected chi connectivity index (χ3v) is 10.5. The molecule has 3 atom stereocenters. The molecule has 0 bridgehead atoms. The number of allylic oxidation sites excluding steroid dienone is 1. The van der Waals surface area contributed by atoms with Gasteiger partial charge in [0.1, 0.15) is 0 Å². The van der Waals surface area contributed by atoms with Crippen molar-refractivity contribution in [2.45, 2.75) is 195 Å². The van der Waals surface area contributed by atoms with Gasteiger partial charge in [-0.15, -0.1) is 6.58 Å². The molecule has 0 aliphatic heterocycles. The summed E-state index contributed by atoms with van der Waals surface area (Å²) in [6.45, 7) is 19.6. The molecule has 0 saturated heterocycles. The van der Waals surface area contributed by atoms with Crippen LogP contribution in [-0.2, 0) is 0 Å². The van der Waals surface area contributed by atoms with Gasteiger partial charge in [0.2, 0.25) is 0 Å². The Labute approximate surface area is 350 Å². The monoisotopic (exact) mass is 761 g/mol. The fourth-order valence-electron chi connectivity index (χ4n) is 6.90. The van der Waals surface area contributed by atoms with Crippen molar-refractivity contribution in [3.05, 3.63) is 157 Å². The lowest BCUT2D eigenvalue weighted by molar-refractivity contribution is 0.541. The highest BCUT2D eigenvalue weighted by Gasteiger charge is 2.09. The first kappa shape index (κ1) is 52.6. The van der Waals surface area contributed by atoms with Crippen molar-refractivity contribution in [3.8, 4) is 0 Å². The van der Waals surface area contributed by atoms with E-state index in [-0.39, 0.29) is 0 Å². The van der Waals surface area contributed by atoms with Gasteiger partial charge in [-0.2, -0.15) is 0 Å². The molecular weight excluding hydrogens is 673 g/mol. The Morgan fingerprint density at radius 2 is 0.750 bits per heavy atom. The summed E-state index contributed by atoms with van der Waals surface area (Å²) in [6, 6.07) is 44.7. The van der Waals surface area contributed by atoms with Crippen LogP contribution >= 0.6 is 0 Å². The van der Waals surface area contributed by atoms with Crippen LogP contribution in [0.1, 0.15) is 211 Å². The Kier molecular flexibility index (Phi) is 38.8. The van der Waals surface area contributed by atoms with Gasteiger partial charge in [0.05, 0.1) is 0 Å². The van der Waals surface area contributed by atoms with Gasteiger partial charge in [-0.25, -0.2) is 0 Å². The molecule has 0 saturated carbocycles. The van der Waals surface area contributed by atoms with E-state index in [0.717, 1.165) is 17.8 Å². The van der Waals surface area contributed by atoms with Crippen molar-refractivity contribution >= 4 is 0 Å². The average Bonchev–Trinajstić information content (AvgIpc) is 3.26. The normalized spacial score (nSPS) is 11.7. The highest BCUT2D eigenvalue weighted by atomic mass is 14.1. The molecule has 0 heterocycles. The van der Waals surface area contributed by atoms with E-state index in [2.05, 4.69) is 146 Å². The average molecular weight is 761 g/mol. The first-order chi connectivity index (χ1) is 27.5. The number of rotatable bonds is 23. The maximum absolute atomic E-state index is 3.66. The summed E-state index contributed by atoms with van der Waals surface area (Å²) in [5.41, 5.74) is 4.54. The molecule has 56 heavy (non-hydrogen) atoms. The van der Waals surface area contributed by atoms with Crippen molar-refractivity contribution in [1.29, 1.82) is 0 Å². The predicted molar refractivity (Wildman–Crippen MR) is 256 cm³/mol. The first-order valence-corrected chi connectivity index (χ1v) is 23.3. The molecule has 0 amide bonds. The van der Waals surface area contributed by atoms with E-state index in [1.807, 2.05) is 42.5 Å². The largest absolute Gasteiger partial charge is 0.103 e. The molecule has 4 aromatic rings. The van der Waals surface area contributed by atoms with Crippen molar-refractivity contribution in [1.82, 2.24) is 0 Å². The molecule has 0 radical (unpaired) electrons. The minimum absolute atomic E-state index is 0.730. The standard InChI is InChI=1S/3C14H22.C8H16.C6H6/c1-3-4-5-7-10-13(2)14-11-8-6-9-12-14;1-3-5-10-13(9-4-2)14-11-7-6-8-12-14;1-3-5-7-10-13(4-2)14-11-8-6-9-12-14;1-3-5-7-8-6-4-2;1-2-4-6-5-3-1/h6,8-9,11-13H,3-5,7,10H2,1-2H3;6-8,11-13H,3-5,9-10H2,1-2H3;6,8-9,11-13H,3-5,7,10H2,1-2H3;3H,1,4-8H2,2H3;1-6H. The molecule has 0 aromatic heterocycles. The van der Waals surface area contributed by atoms with Crippen LogP contribution < -0.4 is 0 Å². The molecule has 0 heteroatoms. The summed E-state index contributed by atoms with van der Waals surface area (Å²) >= 11 is 0. The van der Waals surface area contributed by atoms with E-state index < -0.39 is 0 Å². The van der Waals surface area contributed by atoms with Gasteiger partial charge < -0.3 is 0 Å². The lowest BCUT2D eigenvalue weighted by Gasteiger charge is -2.15. The van der Waals surface area contributed by atoms with Crippen LogP contribution in [0.3, 0.4) is 0 Å². The molecule has 4 rings (SSSR count). The zero-order chi connectivity index (χ0) is 41.2. The maximum Gasteiger partial charge on any atom is -0.0162 e. The van der Waals surface area contributed by atoms with E-state index in [4.69, 9.17) is 0 Å². The van der Waals surface area contributed by atoms with Gasteiger partial charge in [-0.3, -0.25) is 0 Å². The van der Waals surface area contributed by atoms with Crippen molar-refractivity contribution in [2.75, 3.05) is 0 Å². The van der Waals surface area contributed by atoms with Gasteiger partial charge in [-0.05, 0) is 79.4 Å². The van der Waals surface area contributed by atoms with E-state index >= 15 is 0 Å². The number of benzene rings is 4. The smallest absolute Gasteiger partial charge is 0.0162 e. The number of hydrogen-bond donors (Lipinski definition) is 0. The predicted octanol–water partition coefficient (Wildman–Crippen LogP) is 19.1. The summed E-state index contributed by atoms with van der Waals surface area (Å²) in [5.74, 6) is 2.30. The second-order valence-corrected chi connectivity index (χ2v) is 15.5. The van der Waals surface area contributed by atoms with Gasteiger partial charge in [0, 0.05) is 0 Å². The van der Waals surface area contributed by atoms with E-state index in [1.165, 1.54) is 145 Å². The Bertz CT molecular complexity index is 1250. The minimum Gasteiger partial charge on any atom is -0.103 e. The van der Waals surface area contributed by atoms with Crippen LogP contribution in [0.5, 0.6) is 0 Å². The third kappa shape index (κ3) is 30.8. The lowest BCUT2D eigenvalue weighted by Crippen LogP contribution is -1.98. The Morgan fingerprint density at radius 3 is 1.18 bits per heavy atom.